The minimum absolute atomic E-state index is 0.116. The third-order valence-corrected chi connectivity index (χ3v) is 4.73. The fraction of sp³-hybridized carbons (Fsp3) is 0.667. The van der Waals surface area contributed by atoms with Crippen molar-refractivity contribution in [3.8, 4) is 0 Å². The van der Waals surface area contributed by atoms with Gasteiger partial charge in [0, 0.05) is 25.3 Å². The van der Waals surface area contributed by atoms with Crippen LogP contribution in [0.2, 0.25) is 0 Å². The lowest BCUT2D eigenvalue weighted by molar-refractivity contribution is 0.0706. The minimum atomic E-state index is 0.116. The second kappa shape index (κ2) is 5.26. The molecule has 2 aliphatic heterocycles. The van der Waals surface area contributed by atoms with E-state index in [2.05, 4.69) is 14.9 Å². The van der Waals surface area contributed by atoms with Gasteiger partial charge in [-0.25, -0.2) is 9.97 Å². The van der Waals surface area contributed by atoms with Gasteiger partial charge in [0.2, 0.25) is 5.95 Å². The van der Waals surface area contributed by atoms with Gasteiger partial charge < -0.3 is 14.5 Å². The molecule has 1 saturated heterocycles. The Morgan fingerprint density at radius 1 is 1.19 bits per heavy atom. The summed E-state index contributed by atoms with van der Waals surface area (Å²) in [6.07, 6.45) is 6.43. The third-order valence-electron chi connectivity index (χ3n) is 4.73. The molecule has 2 fully saturated rings. The number of morpholine rings is 1. The molecule has 0 N–H and O–H groups in total. The van der Waals surface area contributed by atoms with Crippen LogP contribution in [0, 0.1) is 0 Å². The Bertz CT molecular complexity index is 551. The number of ether oxygens (including phenoxy) is 1. The van der Waals surface area contributed by atoms with Crippen molar-refractivity contribution < 1.29 is 9.53 Å². The molecule has 21 heavy (non-hydrogen) atoms. The van der Waals surface area contributed by atoms with Crippen molar-refractivity contribution in [3.63, 3.8) is 0 Å². The van der Waals surface area contributed by atoms with E-state index in [-0.39, 0.29) is 5.91 Å². The van der Waals surface area contributed by atoms with Gasteiger partial charge in [0.25, 0.3) is 5.91 Å². The van der Waals surface area contributed by atoms with Crippen molar-refractivity contribution in [2.24, 2.45) is 0 Å². The topological polar surface area (TPSA) is 58.6 Å². The summed E-state index contributed by atoms with van der Waals surface area (Å²) in [7, 11) is 0. The van der Waals surface area contributed by atoms with Crippen molar-refractivity contribution in [1.82, 2.24) is 14.9 Å². The fourth-order valence-corrected chi connectivity index (χ4v) is 3.52. The number of nitrogens with zero attached hydrogens (tertiary/aromatic N) is 4. The average Bonchev–Trinajstić information content (AvgIpc) is 3.16. The molecule has 0 bridgehead atoms. The summed E-state index contributed by atoms with van der Waals surface area (Å²) in [5.74, 6) is 0.851. The first-order valence-electron chi connectivity index (χ1n) is 7.82. The number of aromatic nitrogens is 2. The van der Waals surface area contributed by atoms with E-state index >= 15 is 0 Å². The van der Waals surface area contributed by atoms with E-state index in [4.69, 9.17) is 4.74 Å². The molecule has 0 radical (unpaired) electrons. The molecule has 6 heteroatoms. The molecule has 0 spiro atoms. The lowest BCUT2D eigenvalue weighted by Gasteiger charge is -2.26. The summed E-state index contributed by atoms with van der Waals surface area (Å²) in [5, 5.41) is 0. The largest absolute Gasteiger partial charge is 0.378 e. The molecule has 0 unspecified atom stereocenters. The Balaban J connectivity index is 1.57. The van der Waals surface area contributed by atoms with Gasteiger partial charge in [-0.2, -0.15) is 0 Å². The molecule has 112 valence electrons. The van der Waals surface area contributed by atoms with Crippen LogP contribution in [0.3, 0.4) is 0 Å². The number of fused-ring (bicyclic) bond motifs is 1. The Hall–Kier alpha value is -1.69. The van der Waals surface area contributed by atoms with E-state index in [0.717, 1.165) is 37.6 Å². The highest BCUT2D eigenvalue weighted by atomic mass is 16.5. The van der Waals surface area contributed by atoms with Crippen molar-refractivity contribution in [2.45, 2.75) is 38.3 Å². The van der Waals surface area contributed by atoms with Crippen LogP contribution in [0.1, 0.15) is 41.7 Å². The van der Waals surface area contributed by atoms with Crippen molar-refractivity contribution in [2.75, 3.05) is 31.2 Å². The highest BCUT2D eigenvalue weighted by Crippen LogP contribution is 2.31. The summed E-state index contributed by atoms with van der Waals surface area (Å²) < 4.78 is 5.36. The zero-order valence-electron chi connectivity index (χ0n) is 12.1. The predicted octanol–water partition coefficient (Wildman–Crippen LogP) is 1.21. The van der Waals surface area contributed by atoms with Crippen molar-refractivity contribution >= 4 is 11.9 Å². The maximum atomic E-state index is 12.5. The van der Waals surface area contributed by atoms with Gasteiger partial charge in [0.15, 0.2) is 0 Å². The van der Waals surface area contributed by atoms with Crippen LogP contribution in [0.15, 0.2) is 6.20 Å². The average molecular weight is 288 g/mol. The van der Waals surface area contributed by atoms with Gasteiger partial charge in [-0.15, -0.1) is 0 Å². The number of rotatable bonds is 2. The molecule has 1 amide bonds. The molecule has 0 atom stereocenters. The van der Waals surface area contributed by atoms with Gasteiger partial charge in [-0.1, -0.05) is 12.8 Å². The molecule has 1 saturated carbocycles. The first-order chi connectivity index (χ1) is 10.3. The Kier molecular flexibility index (Phi) is 3.25. The van der Waals surface area contributed by atoms with E-state index in [0.29, 0.717) is 31.4 Å². The predicted molar refractivity (Wildman–Crippen MR) is 77.2 cm³/mol. The molecule has 4 rings (SSSR count). The lowest BCUT2D eigenvalue weighted by Crippen LogP contribution is -2.37. The van der Waals surface area contributed by atoms with E-state index in [9.17, 15) is 4.79 Å². The maximum Gasteiger partial charge on any atom is 0.257 e. The van der Waals surface area contributed by atoms with Crippen LogP contribution in [0.4, 0.5) is 5.95 Å². The summed E-state index contributed by atoms with van der Waals surface area (Å²) >= 11 is 0. The van der Waals surface area contributed by atoms with E-state index in [1.54, 1.807) is 6.20 Å². The summed E-state index contributed by atoms with van der Waals surface area (Å²) in [6, 6.07) is 0.401. The number of carbonyl (C=O) groups excluding carboxylic acids is 1. The highest BCUT2D eigenvalue weighted by Gasteiger charge is 2.35. The molecular formula is C15H20N4O2. The van der Waals surface area contributed by atoms with Gasteiger partial charge >= 0.3 is 0 Å². The Morgan fingerprint density at radius 3 is 2.71 bits per heavy atom. The number of hydrogen-bond acceptors (Lipinski definition) is 5. The van der Waals surface area contributed by atoms with Crippen LogP contribution in [0.25, 0.3) is 0 Å². The maximum absolute atomic E-state index is 12.5. The first-order valence-corrected chi connectivity index (χ1v) is 7.82. The van der Waals surface area contributed by atoms with Gasteiger partial charge in [0.1, 0.15) is 0 Å². The van der Waals surface area contributed by atoms with Crippen molar-refractivity contribution in [3.05, 3.63) is 17.5 Å². The highest BCUT2D eigenvalue weighted by molar-refractivity contribution is 5.97. The van der Waals surface area contributed by atoms with Gasteiger partial charge in [0.05, 0.1) is 31.0 Å². The smallest absolute Gasteiger partial charge is 0.257 e. The minimum Gasteiger partial charge on any atom is -0.378 e. The number of carbonyl (C=O) groups is 1. The number of anilines is 1. The van der Waals surface area contributed by atoms with E-state index < -0.39 is 0 Å². The summed E-state index contributed by atoms with van der Waals surface area (Å²) in [6.45, 7) is 3.72. The zero-order chi connectivity index (χ0) is 14.2. The number of amides is 1. The van der Waals surface area contributed by atoms with Crippen LogP contribution >= 0.6 is 0 Å². The monoisotopic (exact) mass is 288 g/mol. The standard InChI is InChI=1S/C15H20N4O2/c20-14-12-9-16-15(18-5-7-21-8-6-18)17-13(12)10-19(14)11-3-1-2-4-11/h9,11H,1-8,10H2. The summed E-state index contributed by atoms with van der Waals surface area (Å²) in [5.41, 5.74) is 1.59. The van der Waals surface area contributed by atoms with Crippen LogP contribution < -0.4 is 4.90 Å². The molecule has 3 aliphatic rings. The van der Waals surface area contributed by atoms with Crippen LogP contribution in [-0.4, -0.2) is 53.1 Å². The molecule has 1 aromatic rings. The van der Waals surface area contributed by atoms with Crippen molar-refractivity contribution in [1.29, 1.82) is 0 Å². The van der Waals surface area contributed by atoms with Crippen LogP contribution in [0.5, 0.6) is 0 Å². The Labute approximate surface area is 124 Å². The summed E-state index contributed by atoms with van der Waals surface area (Å²) in [4.78, 5) is 25.7. The van der Waals surface area contributed by atoms with Gasteiger partial charge in [-0.3, -0.25) is 4.79 Å². The molecule has 0 aromatic carbocycles. The first kappa shape index (κ1) is 13.0. The van der Waals surface area contributed by atoms with E-state index in [1.807, 2.05) is 4.90 Å². The van der Waals surface area contributed by atoms with E-state index in [1.165, 1.54) is 12.8 Å². The quantitative estimate of drug-likeness (QED) is 0.818. The van der Waals surface area contributed by atoms with Crippen LogP contribution in [-0.2, 0) is 11.3 Å². The molecular weight excluding hydrogens is 268 g/mol. The SMILES string of the molecule is O=C1c2cnc(N3CCOCC3)nc2CN1C1CCCC1. The normalized spacial score (nSPS) is 23.0. The molecule has 1 aromatic heterocycles. The lowest BCUT2D eigenvalue weighted by atomic mass is 10.2. The second-order valence-electron chi connectivity index (χ2n) is 6.00. The molecule has 3 heterocycles. The second-order valence-corrected chi connectivity index (χ2v) is 6.00. The fourth-order valence-electron chi connectivity index (χ4n) is 3.52. The zero-order valence-corrected chi connectivity index (χ0v) is 12.1. The number of hydrogen-bond donors (Lipinski definition) is 0. The molecule has 1 aliphatic carbocycles. The van der Waals surface area contributed by atoms with Gasteiger partial charge in [-0.05, 0) is 12.8 Å². The Morgan fingerprint density at radius 2 is 1.95 bits per heavy atom. The molecule has 6 nitrogen and oxygen atoms in total. The third kappa shape index (κ3) is 2.27.